The highest BCUT2D eigenvalue weighted by atomic mass is 35.5. The normalized spacial score (nSPS) is 17.7. The summed E-state index contributed by atoms with van der Waals surface area (Å²) in [5, 5.41) is 20.6. The zero-order valence-corrected chi connectivity index (χ0v) is 20.2. The molecular formula is C24H32ClN5O4. The van der Waals surface area contributed by atoms with E-state index < -0.39 is 17.8 Å². The average molecular weight is 490 g/mol. The van der Waals surface area contributed by atoms with Crippen LogP contribution in [-0.4, -0.2) is 44.0 Å². The van der Waals surface area contributed by atoms with Crippen molar-refractivity contribution in [2.45, 2.75) is 71.1 Å². The van der Waals surface area contributed by atoms with Crippen molar-refractivity contribution in [2.24, 2.45) is 11.8 Å². The van der Waals surface area contributed by atoms with Crippen LogP contribution in [0.5, 0.6) is 0 Å². The van der Waals surface area contributed by atoms with Gasteiger partial charge in [-0.2, -0.15) is 9.78 Å². The molecule has 2 fully saturated rings. The van der Waals surface area contributed by atoms with Crippen LogP contribution in [-0.2, 0) is 11.3 Å². The summed E-state index contributed by atoms with van der Waals surface area (Å²) < 4.78 is 2.45. The highest BCUT2D eigenvalue weighted by molar-refractivity contribution is 6.33. The number of halogens is 1. The zero-order valence-electron chi connectivity index (χ0n) is 19.4. The number of aliphatic hydroxyl groups is 1. The number of aromatic nitrogens is 3. The SMILES string of the molecule is Cc1nn(-c2ccc(Cl)c(C(=O)NC(O)C3CCCCCC3)c2)c(=O)n1CC(=O)NCC1CC1. The Morgan fingerprint density at radius 2 is 1.88 bits per heavy atom. The minimum atomic E-state index is -0.955. The van der Waals surface area contributed by atoms with Gasteiger partial charge in [0.15, 0.2) is 0 Å². The van der Waals surface area contributed by atoms with Crippen LogP contribution in [0.4, 0.5) is 0 Å². The van der Waals surface area contributed by atoms with Crippen molar-refractivity contribution in [1.29, 1.82) is 0 Å². The minimum absolute atomic E-state index is 0.0143. The fourth-order valence-corrected chi connectivity index (χ4v) is 4.60. The van der Waals surface area contributed by atoms with E-state index in [2.05, 4.69) is 15.7 Å². The quantitative estimate of drug-likeness (QED) is 0.389. The van der Waals surface area contributed by atoms with Crippen molar-refractivity contribution in [3.63, 3.8) is 0 Å². The molecule has 2 aliphatic carbocycles. The number of hydrogen-bond acceptors (Lipinski definition) is 5. The fourth-order valence-electron chi connectivity index (χ4n) is 4.40. The second-order valence-corrected chi connectivity index (χ2v) is 9.82. The Bertz CT molecular complexity index is 1100. The molecule has 1 heterocycles. The summed E-state index contributed by atoms with van der Waals surface area (Å²) in [6.45, 7) is 2.16. The van der Waals surface area contributed by atoms with Crippen molar-refractivity contribution in [3.8, 4) is 5.69 Å². The Morgan fingerprint density at radius 3 is 2.56 bits per heavy atom. The molecule has 2 saturated carbocycles. The monoisotopic (exact) mass is 489 g/mol. The molecule has 1 atom stereocenters. The molecule has 1 aromatic heterocycles. The molecule has 9 nitrogen and oxygen atoms in total. The maximum absolute atomic E-state index is 13.0. The van der Waals surface area contributed by atoms with E-state index in [0.717, 1.165) is 56.0 Å². The number of amides is 2. The molecule has 0 radical (unpaired) electrons. The van der Waals surface area contributed by atoms with Gasteiger partial charge in [-0.05, 0) is 56.7 Å². The summed E-state index contributed by atoms with van der Waals surface area (Å²) in [6, 6.07) is 4.59. The topological polar surface area (TPSA) is 118 Å². The van der Waals surface area contributed by atoms with Crippen LogP contribution >= 0.6 is 11.6 Å². The van der Waals surface area contributed by atoms with Gasteiger partial charge in [0.05, 0.1) is 16.3 Å². The molecule has 0 aliphatic heterocycles. The van der Waals surface area contributed by atoms with Gasteiger partial charge in [-0.3, -0.25) is 14.2 Å². The molecule has 2 aliphatic rings. The Kier molecular flexibility index (Phi) is 7.73. The van der Waals surface area contributed by atoms with Crippen LogP contribution < -0.4 is 16.3 Å². The molecule has 2 amide bonds. The van der Waals surface area contributed by atoms with E-state index >= 15 is 0 Å². The number of nitrogens with zero attached hydrogens (tertiary/aromatic N) is 3. The van der Waals surface area contributed by atoms with Crippen LogP contribution in [0.15, 0.2) is 23.0 Å². The van der Waals surface area contributed by atoms with Crippen molar-refractivity contribution >= 4 is 23.4 Å². The van der Waals surface area contributed by atoms with Gasteiger partial charge in [0.25, 0.3) is 5.91 Å². The summed E-state index contributed by atoms with van der Waals surface area (Å²) >= 11 is 6.28. The van der Waals surface area contributed by atoms with Crippen molar-refractivity contribution in [3.05, 3.63) is 45.1 Å². The largest absolute Gasteiger partial charge is 0.373 e. The van der Waals surface area contributed by atoms with Gasteiger partial charge in [-0.25, -0.2) is 4.79 Å². The number of hydrogen-bond donors (Lipinski definition) is 3. The summed E-state index contributed by atoms with van der Waals surface area (Å²) in [6.07, 6.45) is 7.41. The Balaban J connectivity index is 1.49. The first kappa shape index (κ1) is 24.5. The lowest BCUT2D eigenvalue weighted by Crippen LogP contribution is -2.40. The van der Waals surface area contributed by atoms with Gasteiger partial charge in [0.2, 0.25) is 5.91 Å². The molecule has 2 aromatic rings. The molecule has 0 bridgehead atoms. The standard InChI is InChI=1S/C24H32ClN5O4/c1-15-28-30(24(34)29(15)14-21(31)26-13-16-8-9-16)18-10-11-20(25)19(12-18)23(33)27-22(32)17-6-4-2-3-5-7-17/h10-12,16-17,22,32H,2-9,13-14H2,1H3,(H,26,31)(H,27,33). The maximum atomic E-state index is 13.0. The number of aryl methyl sites for hydroxylation is 1. The third kappa shape index (κ3) is 5.88. The Labute approximate surface area is 203 Å². The summed E-state index contributed by atoms with van der Waals surface area (Å²) in [5.74, 6) is 0.202. The summed E-state index contributed by atoms with van der Waals surface area (Å²) in [5.41, 5.74) is 0.0168. The van der Waals surface area contributed by atoms with E-state index in [1.54, 1.807) is 13.0 Å². The van der Waals surface area contributed by atoms with Crippen LogP contribution in [0.2, 0.25) is 5.02 Å². The molecule has 0 spiro atoms. The van der Waals surface area contributed by atoms with E-state index in [-0.39, 0.29) is 29.0 Å². The number of carbonyl (C=O) groups excluding carboxylic acids is 2. The number of rotatable bonds is 8. The lowest BCUT2D eigenvalue weighted by molar-refractivity contribution is -0.121. The second kappa shape index (κ2) is 10.7. The van der Waals surface area contributed by atoms with Gasteiger partial charge in [-0.1, -0.05) is 37.3 Å². The average Bonchev–Trinajstić information content (AvgIpc) is 3.63. The molecule has 34 heavy (non-hydrogen) atoms. The van der Waals surface area contributed by atoms with Crippen molar-refractivity contribution < 1.29 is 14.7 Å². The Morgan fingerprint density at radius 1 is 1.18 bits per heavy atom. The van der Waals surface area contributed by atoms with E-state index in [4.69, 9.17) is 11.6 Å². The van der Waals surface area contributed by atoms with Gasteiger partial charge < -0.3 is 15.7 Å². The first-order valence-electron chi connectivity index (χ1n) is 12.1. The summed E-state index contributed by atoms with van der Waals surface area (Å²) in [7, 11) is 0. The third-order valence-corrected chi connectivity index (χ3v) is 7.03. The van der Waals surface area contributed by atoms with Gasteiger partial charge in [0, 0.05) is 12.5 Å². The van der Waals surface area contributed by atoms with Crippen LogP contribution in [0.1, 0.15) is 67.5 Å². The molecule has 0 saturated heterocycles. The van der Waals surface area contributed by atoms with E-state index in [1.165, 1.54) is 16.7 Å². The first-order valence-corrected chi connectivity index (χ1v) is 12.4. The van der Waals surface area contributed by atoms with Crippen molar-refractivity contribution in [1.82, 2.24) is 25.0 Å². The molecule has 1 aromatic carbocycles. The van der Waals surface area contributed by atoms with E-state index in [1.807, 2.05) is 0 Å². The van der Waals surface area contributed by atoms with Gasteiger partial charge in [-0.15, -0.1) is 0 Å². The minimum Gasteiger partial charge on any atom is -0.373 e. The fraction of sp³-hybridized carbons (Fsp3) is 0.583. The maximum Gasteiger partial charge on any atom is 0.351 e. The van der Waals surface area contributed by atoms with Gasteiger partial charge in [0.1, 0.15) is 18.6 Å². The van der Waals surface area contributed by atoms with Crippen LogP contribution in [0, 0.1) is 18.8 Å². The predicted molar refractivity (Wildman–Crippen MR) is 128 cm³/mol. The molecule has 4 rings (SSSR count). The van der Waals surface area contributed by atoms with Crippen LogP contribution in [0.3, 0.4) is 0 Å². The molecule has 1 unspecified atom stereocenters. The van der Waals surface area contributed by atoms with E-state index in [0.29, 0.717) is 24.0 Å². The number of aliphatic hydroxyl groups excluding tert-OH is 1. The lowest BCUT2D eigenvalue weighted by atomic mass is 9.98. The molecule has 184 valence electrons. The van der Waals surface area contributed by atoms with E-state index in [9.17, 15) is 19.5 Å². The number of benzene rings is 1. The van der Waals surface area contributed by atoms with Gasteiger partial charge >= 0.3 is 5.69 Å². The first-order chi connectivity index (χ1) is 16.3. The molecular weight excluding hydrogens is 458 g/mol. The number of carbonyl (C=O) groups is 2. The third-order valence-electron chi connectivity index (χ3n) is 6.70. The zero-order chi connectivity index (χ0) is 24.2. The highest BCUT2D eigenvalue weighted by Crippen LogP contribution is 2.27. The lowest BCUT2D eigenvalue weighted by Gasteiger charge is -2.22. The molecule has 10 heteroatoms. The smallest absolute Gasteiger partial charge is 0.351 e. The predicted octanol–water partition coefficient (Wildman–Crippen LogP) is 2.54. The second-order valence-electron chi connectivity index (χ2n) is 9.41. The molecule has 3 N–H and O–H groups in total. The number of nitrogens with one attached hydrogen (secondary N) is 2. The highest BCUT2D eigenvalue weighted by Gasteiger charge is 2.25. The van der Waals surface area contributed by atoms with Crippen molar-refractivity contribution in [2.75, 3.05) is 6.54 Å². The summed E-state index contributed by atoms with van der Waals surface area (Å²) in [4.78, 5) is 38.1. The van der Waals surface area contributed by atoms with Crippen LogP contribution in [0.25, 0.3) is 5.69 Å². The Hall–Kier alpha value is -2.65.